The van der Waals surface area contributed by atoms with Crippen LogP contribution in [0.15, 0.2) is 30.7 Å². The molecule has 2 aromatic heterocycles. The number of nitrogens with two attached hydrogens (primary N) is 1. The minimum absolute atomic E-state index is 0.299. The lowest BCUT2D eigenvalue weighted by Crippen LogP contribution is -2.11. The van der Waals surface area contributed by atoms with Crippen molar-refractivity contribution in [3.8, 4) is 0 Å². The molecule has 6 heteroatoms. The molecule has 2 rings (SSSR count). The van der Waals surface area contributed by atoms with Crippen LogP contribution in [0.2, 0.25) is 0 Å². The van der Waals surface area contributed by atoms with Gasteiger partial charge in [-0.2, -0.15) is 5.10 Å². The van der Waals surface area contributed by atoms with E-state index in [-0.39, 0.29) is 0 Å². The smallest absolute Gasteiger partial charge is 0.122 e. The van der Waals surface area contributed by atoms with E-state index in [4.69, 9.17) is 18.0 Å². The van der Waals surface area contributed by atoms with Gasteiger partial charge in [-0.15, -0.1) is 0 Å². The van der Waals surface area contributed by atoms with Gasteiger partial charge in [0.15, 0.2) is 0 Å². The average molecular weight is 233 g/mol. The maximum Gasteiger partial charge on any atom is 0.122 e. The van der Waals surface area contributed by atoms with Crippen LogP contribution in [0.4, 0.5) is 11.4 Å². The third-order valence-electron chi connectivity index (χ3n) is 2.01. The van der Waals surface area contributed by atoms with Gasteiger partial charge in [-0.25, -0.2) is 0 Å². The van der Waals surface area contributed by atoms with Crippen LogP contribution in [-0.4, -0.2) is 19.8 Å². The zero-order chi connectivity index (χ0) is 11.5. The first-order valence-electron chi connectivity index (χ1n) is 4.66. The standard InChI is InChI=1S/C10H11N5S/c1-15-6-8(5-13-15)14-7-2-3-9(10(11)16)12-4-7/h2-6,14H,1H3,(H2,11,16). The summed E-state index contributed by atoms with van der Waals surface area (Å²) < 4.78 is 1.72. The van der Waals surface area contributed by atoms with Crippen molar-refractivity contribution in [2.24, 2.45) is 12.8 Å². The second kappa shape index (κ2) is 4.28. The molecule has 0 saturated carbocycles. The molecule has 82 valence electrons. The fraction of sp³-hybridized carbons (Fsp3) is 0.100. The van der Waals surface area contributed by atoms with Gasteiger partial charge in [0, 0.05) is 13.2 Å². The normalized spacial score (nSPS) is 10.1. The van der Waals surface area contributed by atoms with E-state index in [0.29, 0.717) is 10.7 Å². The molecule has 0 bridgehead atoms. The van der Waals surface area contributed by atoms with Crippen LogP contribution in [0.1, 0.15) is 5.69 Å². The van der Waals surface area contributed by atoms with Crippen molar-refractivity contribution in [1.29, 1.82) is 0 Å². The minimum Gasteiger partial charge on any atom is -0.388 e. The van der Waals surface area contributed by atoms with Gasteiger partial charge in [0.25, 0.3) is 0 Å². The second-order valence-corrected chi connectivity index (χ2v) is 3.76. The Hall–Kier alpha value is -1.95. The highest BCUT2D eigenvalue weighted by atomic mass is 32.1. The highest BCUT2D eigenvalue weighted by Crippen LogP contribution is 2.14. The summed E-state index contributed by atoms with van der Waals surface area (Å²) in [6.07, 6.45) is 5.30. The fourth-order valence-electron chi connectivity index (χ4n) is 1.27. The van der Waals surface area contributed by atoms with E-state index in [2.05, 4.69) is 15.4 Å². The molecule has 0 aromatic carbocycles. The van der Waals surface area contributed by atoms with Crippen LogP contribution >= 0.6 is 12.2 Å². The molecule has 0 fully saturated rings. The molecular weight excluding hydrogens is 222 g/mol. The Labute approximate surface area is 98.3 Å². The highest BCUT2D eigenvalue weighted by Gasteiger charge is 2.00. The number of thiocarbonyl (C=S) groups is 1. The Kier molecular flexibility index (Phi) is 2.82. The van der Waals surface area contributed by atoms with E-state index in [1.807, 2.05) is 19.3 Å². The molecule has 0 aliphatic carbocycles. The van der Waals surface area contributed by atoms with Gasteiger partial charge >= 0.3 is 0 Å². The van der Waals surface area contributed by atoms with Crippen molar-refractivity contribution >= 4 is 28.6 Å². The van der Waals surface area contributed by atoms with Gasteiger partial charge in [0.1, 0.15) is 4.99 Å². The maximum absolute atomic E-state index is 5.45. The molecule has 0 radical (unpaired) electrons. The fourth-order valence-corrected chi connectivity index (χ4v) is 1.39. The van der Waals surface area contributed by atoms with Gasteiger partial charge in [-0.1, -0.05) is 12.2 Å². The first kappa shape index (κ1) is 10.6. The summed E-state index contributed by atoms with van der Waals surface area (Å²) in [6.45, 7) is 0. The van der Waals surface area contributed by atoms with Gasteiger partial charge in [0.05, 0.1) is 29.5 Å². The number of aromatic nitrogens is 3. The monoisotopic (exact) mass is 233 g/mol. The number of anilines is 2. The molecular formula is C10H11N5S. The predicted molar refractivity (Wildman–Crippen MR) is 66.6 cm³/mol. The van der Waals surface area contributed by atoms with Gasteiger partial charge in [0.2, 0.25) is 0 Å². The third-order valence-corrected chi connectivity index (χ3v) is 2.22. The van der Waals surface area contributed by atoms with Crippen molar-refractivity contribution in [1.82, 2.24) is 14.8 Å². The lowest BCUT2D eigenvalue weighted by atomic mass is 10.3. The van der Waals surface area contributed by atoms with Crippen LogP contribution in [-0.2, 0) is 7.05 Å². The average Bonchev–Trinajstić information content (AvgIpc) is 2.65. The summed E-state index contributed by atoms with van der Waals surface area (Å²) >= 11 is 4.82. The Morgan fingerprint density at radius 3 is 2.69 bits per heavy atom. The Morgan fingerprint density at radius 1 is 1.38 bits per heavy atom. The van der Waals surface area contributed by atoms with E-state index in [1.165, 1.54) is 0 Å². The number of aryl methyl sites for hydroxylation is 1. The maximum atomic E-state index is 5.45. The molecule has 16 heavy (non-hydrogen) atoms. The molecule has 0 atom stereocenters. The lowest BCUT2D eigenvalue weighted by molar-refractivity contribution is 0.768. The SMILES string of the molecule is Cn1cc(Nc2ccc(C(N)=S)nc2)cn1. The summed E-state index contributed by atoms with van der Waals surface area (Å²) in [5.74, 6) is 0. The quantitative estimate of drug-likeness (QED) is 0.779. The van der Waals surface area contributed by atoms with Gasteiger partial charge < -0.3 is 11.1 Å². The number of nitrogens with zero attached hydrogens (tertiary/aromatic N) is 3. The molecule has 0 unspecified atom stereocenters. The Morgan fingerprint density at radius 2 is 2.19 bits per heavy atom. The van der Waals surface area contributed by atoms with Gasteiger partial charge in [-0.3, -0.25) is 9.67 Å². The van der Waals surface area contributed by atoms with Crippen LogP contribution in [0, 0.1) is 0 Å². The highest BCUT2D eigenvalue weighted by molar-refractivity contribution is 7.80. The lowest BCUT2D eigenvalue weighted by Gasteiger charge is -2.03. The van der Waals surface area contributed by atoms with Crippen molar-refractivity contribution < 1.29 is 0 Å². The van der Waals surface area contributed by atoms with Crippen LogP contribution in [0.5, 0.6) is 0 Å². The zero-order valence-corrected chi connectivity index (χ0v) is 9.53. The first-order chi connectivity index (χ1) is 7.65. The van der Waals surface area contributed by atoms with E-state index in [1.54, 1.807) is 23.1 Å². The second-order valence-electron chi connectivity index (χ2n) is 3.32. The largest absolute Gasteiger partial charge is 0.388 e. The van der Waals surface area contributed by atoms with E-state index < -0.39 is 0 Å². The molecule has 0 aliphatic heterocycles. The molecule has 5 nitrogen and oxygen atoms in total. The summed E-state index contributed by atoms with van der Waals surface area (Å²) in [7, 11) is 1.86. The summed E-state index contributed by atoms with van der Waals surface area (Å²) in [5, 5.41) is 7.21. The predicted octanol–water partition coefficient (Wildman–Crippen LogP) is 1.19. The Balaban J connectivity index is 2.14. The van der Waals surface area contributed by atoms with Crippen molar-refractivity contribution in [2.45, 2.75) is 0 Å². The molecule has 3 N–H and O–H groups in total. The Bertz CT molecular complexity index is 502. The van der Waals surface area contributed by atoms with Crippen molar-refractivity contribution in [3.63, 3.8) is 0 Å². The third kappa shape index (κ3) is 2.34. The molecule has 0 amide bonds. The minimum atomic E-state index is 0.299. The van der Waals surface area contributed by atoms with Crippen LogP contribution < -0.4 is 11.1 Å². The van der Waals surface area contributed by atoms with E-state index >= 15 is 0 Å². The number of rotatable bonds is 3. The number of nitrogens with one attached hydrogen (secondary N) is 1. The summed E-state index contributed by atoms with van der Waals surface area (Å²) in [5.41, 5.74) is 7.85. The van der Waals surface area contributed by atoms with Crippen molar-refractivity contribution in [2.75, 3.05) is 5.32 Å². The topological polar surface area (TPSA) is 68.8 Å². The van der Waals surface area contributed by atoms with E-state index in [9.17, 15) is 0 Å². The van der Waals surface area contributed by atoms with Crippen LogP contribution in [0.25, 0.3) is 0 Å². The van der Waals surface area contributed by atoms with Gasteiger partial charge in [-0.05, 0) is 12.1 Å². The molecule has 0 spiro atoms. The molecule has 2 heterocycles. The zero-order valence-electron chi connectivity index (χ0n) is 8.71. The molecule has 0 aliphatic rings. The summed E-state index contributed by atoms with van der Waals surface area (Å²) in [4.78, 5) is 4.42. The van der Waals surface area contributed by atoms with Crippen molar-refractivity contribution in [3.05, 3.63) is 36.4 Å². The number of hydrogen-bond donors (Lipinski definition) is 2. The van der Waals surface area contributed by atoms with Crippen LogP contribution in [0.3, 0.4) is 0 Å². The number of pyridine rings is 1. The van der Waals surface area contributed by atoms with E-state index in [0.717, 1.165) is 11.4 Å². The molecule has 0 saturated heterocycles. The first-order valence-corrected chi connectivity index (χ1v) is 5.07. The molecule has 2 aromatic rings. The summed E-state index contributed by atoms with van der Waals surface area (Å²) in [6, 6.07) is 3.65. The number of hydrogen-bond acceptors (Lipinski definition) is 4.